The van der Waals surface area contributed by atoms with Crippen LogP contribution in [0.15, 0.2) is 48.7 Å². The van der Waals surface area contributed by atoms with Gasteiger partial charge in [0, 0.05) is 19.3 Å². The zero-order chi connectivity index (χ0) is 13.7. The monoisotopic (exact) mass is 255 g/mol. The van der Waals surface area contributed by atoms with Crippen molar-refractivity contribution in [3.05, 3.63) is 59.8 Å². The van der Waals surface area contributed by atoms with Crippen molar-refractivity contribution in [2.24, 2.45) is 0 Å². The first kappa shape index (κ1) is 13.1. The number of benzene rings is 1. The summed E-state index contributed by atoms with van der Waals surface area (Å²) in [6.45, 7) is 3.15. The number of aromatic nitrogens is 1. The number of pyridine rings is 1. The molecule has 0 spiro atoms. The van der Waals surface area contributed by atoms with Crippen LogP contribution in [-0.4, -0.2) is 22.3 Å². The zero-order valence-electron chi connectivity index (χ0n) is 10.9. The Labute approximate surface area is 112 Å². The van der Waals surface area contributed by atoms with Gasteiger partial charge in [0.25, 0.3) is 5.91 Å². The quantitative estimate of drug-likeness (QED) is 0.912. The maximum atomic E-state index is 12.4. The highest BCUT2D eigenvalue weighted by Crippen LogP contribution is 2.13. The molecule has 1 aromatic carbocycles. The van der Waals surface area contributed by atoms with E-state index < -0.39 is 0 Å². The van der Waals surface area contributed by atoms with Gasteiger partial charge in [0.05, 0.1) is 5.56 Å². The molecule has 1 amide bonds. The Bertz CT molecular complexity index is 554. The second-order valence-corrected chi connectivity index (χ2v) is 4.24. The molecule has 0 radical (unpaired) electrons. The lowest BCUT2D eigenvalue weighted by Crippen LogP contribution is -2.31. The second-order valence-electron chi connectivity index (χ2n) is 4.24. The Balaban J connectivity index is 2.18. The van der Waals surface area contributed by atoms with Crippen LogP contribution < -0.4 is 5.73 Å². The predicted octanol–water partition coefficient (Wildman–Crippen LogP) is 2.33. The molecule has 2 rings (SSSR count). The highest BCUT2D eigenvalue weighted by molar-refractivity contribution is 5.98. The summed E-state index contributed by atoms with van der Waals surface area (Å²) in [5, 5.41) is 0. The number of hydrogen-bond acceptors (Lipinski definition) is 3. The first-order valence-corrected chi connectivity index (χ1v) is 6.26. The Hall–Kier alpha value is -2.36. The summed E-state index contributed by atoms with van der Waals surface area (Å²) in [6, 6.07) is 13.3. The van der Waals surface area contributed by atoms with Crippen LogP contribution in [0.2, 0.25) is 0 Å². The van der Waals surface area contributed by atoms with Crippen LogP contribution in [0.4, 0.5) is 5.82 Å². The van der Waals surface area contributed by atoms with Gasteiger partial charge in [-0.15, -0.1) is 0 Å². The van der Waals surface area contributed by atoms with Gasteiger partial charge in [-0.05, 0) is 24.6 Å². The lowest BCUT2D eigenvalue weighted by atomic mass is 10.2. The third-order valence-electron chi connectivity index (χ3n) is 2.95. The minimum atomic E-state index is -0.0862. The van der Waals surface area contributed by atoms with Gasteiger partial charge in [-0.3, -0.25) is 4.79 Å². The van der Waals surface area contributed by atoms with E-state index in [0.717, 1.165) is 5.56 Å². The van der Waals surface area contributed by atoms with Gasteiger partial charge in [-0.25, -0.2) is 4.98 Å². The maximum absolute atomic E-state index is 12.4. The van der Waals surface area contributed by atoms with Gasteiger partial charge >= 0.3 is 0 Å². The van der Waals surface area contributed by atoms with Gasteiger partial charge < -0.3 is 10.6 Å². The van der Waals surface area contributed by atoms with Gasteiger partial charge in [0.2, 0.25) is 0 Å². The fourth-order valence-corrected chi connectivity index (χ4v) is 1.90. The number of hydrogen-bond donors (Lipinski definition) is 1. The molecule has 1 heterocycles. The van der Waals surface area contributed by atoms with Gasteiger partial charge in [-0.1, -0.05) is 30.3 Å². The summed E-state index contributed by atoms with van der Waals surface area (Å²) in [7, 11) is 0. The van der Waals surface area contributed by atoms with E-state index in [4.69, 9.17) is 5.73 Å². The second kappa shape index (κ2) is 6.00. The van der Waals surface area contributed by atoms with Crippen LogP contribution in [0.1, 0.15) is 22.8 Å². The van der Waals surface area contributed by atoms with Crippen LogP contribution in [0.3, 0.4) is 0 Å². The molecule has 2 N–H and O–H groups in total. The molecule has 0 unspecified atom stereocenters. The summed E-state index contributed by atoms with van der Waals surface area (Å²) in [4.78, 5) is 18.1. The minimum Gasteiger partial charge on any atom is -0.383 e. The molecule has 0 fully saturated rings. The first-order chi connectivity index (χ1) is 9.22. The van der Waals surface area contributed by atoms with Gasteiger partial charge in [0.15, 0.2) is 0 Å². The SMILES string of the molecule is CCN(Cc1ccccc1)C(=O)c1cccnc1N. The molecular weight excluding hydrogens is 238 g/mol. The molecule has 0 atom stereocenters. The molecule has 19 heavy (non-hydrogen) atoms. The molecule has 0 bridgehead atoms. The lowest BCUT2D eigenvalue weighted by Gasteiger charge is -2.21. The molecule has 0 aliphatic rings. The Kier molecular flexibility index (Phi) is 4.13. The number of rotatable bonds is 4. The van der Waals surface area contributed by atoms with Crippen molar-refractivity contribution in [3.63, 3.8) is 0 Å². The molecule has 0 saturated heterocycles. The highest BCUT2D eigenvalue weighted by Gasteiger charge is 2.17. The lowest BCUT2D eigenvalue weighted by molar-refractivity contribution is 0.0753. The van der Waals surface area contributed by atoms with Crippen LogP contribution in [0, 0.1) is 0 Å². The summed E-state index contributed by atoms with van der Waals surface area (Å²) >= 11 is 0. The largest absolute Gasteiger partial charge is 0.383 e. The summed E-state index contributed by atoms with van der Waals surface area (Å²) in [6.07, 6.45) is 1.58. The van der Waals surface area contributed by atoms with E-state index in [1.165, 1.54) is 0 Å². The number of anilines is 1. The van der Waals surface area contributed by atoms with Crippen molar-refractivity contribution in [1.82, 2.24) is 9.88 Å². The third kappa shape index (κ3) is 3.10. The van der Waals surface area contributed by atoms with Crippen LogP contribution in [0.5, 0.6) is 0 Å². The fraction of sp³-hybridized carbons (Fsp3) is 0.200. The summed E-state index contributed by atoms with van der Waals surface area (Å²) < 4.78 is 0. The topological polar surface area (TPSA) is 59.2 Å². The summed E-state index contributed by atoms with van der Waals surface area (Å²) in [5.41, 5.74) is 7.30. The van der Waals surface area contributed by atoms with E-state index in [-0.39, 0.29) is 11.7 Å². The van der Waals surface area contributed by atoms with Crippen molar-refractivity contribution in [2.75, 3.05) is 12.3 Å². The summed E-state index contributed by atoms with van der Waals surface area (Å²) in [5.74, 6) is 0.191. The van der Waals surface area contributed by atoms with E-state index in [2.05, 4.69) is 4.98 Å². The Morgan fingerprint density at radius 2 is 1.95 bits per heavy atom. The van der Waals surface area contributed by atoms with E-state index in [1.54, 1.807) is 23.2 Å². The molecular formula is C15H17N3O. The highest BCUT2D eigenvalue weighted by atomic mass is 16.2. The fourth-order valence-electron chi connectivity index (χ4n) is 1.90. The first-order valence-electron chi connectivity index (χ1n) is 6.26. The van der Waals surface area contributed by atoms with Crippen LogP contribution in [0.25, 0.3) is 0 Å². The smallest absolute Gasteiger partial charge is 0.257 e. The molecule has 0 aliphatic heterocycles. The average molecular weight is 255 g/mol. The zero-order valence-corrected chi connectivity index (χ0v) is 10.9. The predicted molar refractivity (Wildman–Crippen MR) is 75.5 cm³/mol. The number of amides is 1. The standard InChI is InChI=1S/C15H17N3O/c1-2-18(11-12-7-4-3-5-8-12)15(19)13-9-6-10-17-14(13)16/h3-10H,2,11H2,1H3,(H2,16,17). The van der Waals surface area contributed by atoms with Crippen LogP contribution in [-0.2, 0) is 6.54 Å². The molecule has 0 saturated carbocycles. The molecule has 98 valence electrons. The van der Waals surface area contributed by atoms with Gasteiger partial charge in [0.1, 0.15) is 5.82 Å². The van der Waals surface area contributed by atoms with Crippen molar-refractivity contribution in [1.29, 1.82) is 0 Å². The molecule has 2 aromatic rings. The molecule has 1 aromatic heterocycles. The number of carbonyl (C=O) groups is 1. The average Bonchev–Trinajstić information content (AvgIpc) is 2.46. The van der Waals surface area contributed by atoms with E-state index >= 15 is 0 Å². The van der Waals surface area contributed by atoms with Crippen molar-refractivity contribution in [3.8, 4) is 0 Å². The number of nitrogens with two attached hydrogens (primary N) is 1. The molecule has 4 heteroatoms. The Morgan fingerprint density at radius 3 is 2.58 bits per heavy atom. The Morgan fingerprint density at radius 1 is 1.21 bits per heavy atom. The van der Waals surface area contributed by atoms with Crippen LogP contribution >= 0.6 is 0 Å². The van der Waals surface area contributed by atoms with Crippen molar-refractivity contribution in [2.45, 2.75) is 13.5 Å². The van der Waals surface area contributed by atoms with E-state index in [9.17, 15) is 4.79 Å². The van der Waals surface area contributed by atoms with E-state index in [0.29, 0.717) is 18.7 Å². The van der Waals surface area contributed by atoms with Crippen molar-refractivity contribution < 1.29 is 4.79 Å². The van der Waals surface area contributed by atoms with E-state index in [1.807, 2.05) is 37.3 Å². The van der Waals surface area contributed by atoms with Crippen molar-refractivity contribution >= 4 is 11.7 Å². The number of carbonyl (C=O) groups excluding carboxylic acids is 1. The minimum absolute atomic E-state index is 0.0862. The normalized spacial score (nSPS) is 10.2. The third-order valence-corrected chi connectivity index (χ3v) is 2.95. The van der Waals surface area contributed by atoms with Gasteiger partial charge in [-0.2, -0.15) is 0 Å². The number of nitrogen functional groups attached to an aromatic ring is 1. The number of nitrogens with zero attached hydrogens (tertiary/aromatic N) is 2. The maximum Gasteiger partial charge on any atom is 0.257 e. The molecule has 4 nitrogen and oxygen atoms in total. The molecule has 0 aliphatic carbocycles.